The molecule has 0 rings (SSSR count). The fourth-order valence-electron chi connectivity index (χ4n) is 8.52. The Kier molecular flexibility index (Phi) is 47.6. The van der Waals surface area contributed by atoms with E-state index in [1.807, 2.05) is 0 Å². The fraction of sp³-hybridized carbons (Fsp3) is 0.946. The highest BCUT2D eigenvalue weighted by Crippen LogP contribution is 2.18. The molecule has 0 N–H and O–H groups in total. The monoisotopic (exact) mass is 877 g/mol. The summed E-state index contributed by atoms with van der Waals surface area (Å²) in [6.07, 6.45) is 51.0. The van der Waals surface area contributed by atoms with Crippen LogP contribution < -0.4 is 0 Å². The Labute approximate surface area is 387 Å². The van der Waals surface area contributed by atoms with Crippen molar-refractivity contribution in [2.45, 2.75) is 317 Å². The molecule has 1 atom stereocenters. The van der Waals surface area contributed by atoms with Crippen molar-refractivity contribution in [2.75, 3.05) is 13.2 Å². The van der Waals surface area contributed by atoms with Crippen LogP contribution in [0.4, 0.5) is 0 Å². The van der Waals surface area contributed by atoms with Gasteiger partial charge in [0.05, 0.1) is 0 Å². The summed E-state index contributed by atoms with van der Waals surface area (Å²) in [7, 11) is 0. The molecule has 6 nitrogen and oxygen atoms in total. The Morgan fingerprint density at radius 2 is 0.532 bits per heavy atom. The Morgan fingerprint density at radius 1 is 0.306 bits per heavy atom. The topological polar surface area (TPSA) is 78.9 Å². The predicted molar refractivity (Wildman–Crippen MR) is 266 cm³/mol. The molecule has 368 valence electrons. The van der Waals surface area contributed by atoms with Crippen LogP contribution in [0.1, 0.15) is 311 Å². The molecule has 0 aliphatic rings. The van der Waals surface area contributed by atoms with E-state index in [1.165, 1.54) is 199 Å². The molecule has 6 heteroatoms. The van der Waals surface area contributed by atoms with Gasteiger partial charge < -0.3 is 14.2 Å². The molecule has 0 aromatic carbocycles. The second-order valence-electron chi connectivity index (χ2n) is 20.2. The van der Waals surface area contributed by atoms with Crippen LogP contribution in [0.3, 0.4) is 0 Å². The summed E-state index contributed by atoms with van der Waals surface area (Å²) in [5.74, 6) is 0.798. The number of carbonyl (C=O) groups excluding carboxylic acids is 3. The third-order valence-corrected chi connectivity index (χ3v) is 12.7. The molecule has 0 unspecified atom stereocenters. The third kappa shape index (κ3) is 49.4. The van der Waals surface area contributed by atoms with Crippen molar-refractivity contribution in [1.82, 2.24) is 0 Å². The molecule has 0 amide bonds. The molecule has 62 heavy (non-hydrogen) atoms. The van der Waals surface area contributed by atoms with Gasteiger partial charge in [-0.1, -0.05) is 272 Å². The highest BCUT2D eigenvalue weighted by molar-refractivity contribution is 5.71. The minimum Gasteiger partial charge on any atom is -0.462 e. The molecule has 0 saturated carbocycles. The van der Waals surface area contributed by atoms with E-state index >= 15 is 0 Å². The number of esters is 3. The van der Waals surface area contributed by atoms with Gasteiger partial charge in [0.15, 0.2) is 6.10 Å². The lowest BCUT2D eigenvalue weighted by Gasteiger charge is -2.18. The van der Waals surface area contributed by atoms with Gasteiger partial charge in [-0.15, -0.1) is 0 Å². The van der Waals surface area contributed by atoms with Gasteiger partial charge in [0.1, 0.15) is 13.2 Å². The maximum atomic E-state index is 12.8. The van der Waals surface area contributed by atoms with Crippen molar-refractivity contribution < 1.29 is 28.6 Å². The van der Waals surface area contributed by atoms with Gasteiger partial charge in [0.2, 0.25) is 0 Å². The molecule has 0 saturated heterocycles. The second kappa shape index (κ2) is 48.9. The van der Waals surface area contributed by atoms with Crippen molar-refractivity contribution in [3.05, 3.63) is 0 Å². The van der Waals surface area contributed by atoms with Gasteiger partial charge in [-0.2, -0.15) is 0 Å². The van der Waals surface area contributed by atoms with Gasteiger partial charge in [-0.05, 0) is 31.1 Å². The molecule has 0 aromatic rings. The largest absolute Gasteiger partial charge is 0.462 e. The smallest absolute Gasteiger partial charge is 0.306 e. The minimum absolute atomic E-state index is 0.0635. The van der Waals surface area contributed by atoms with Crippen LogP contribution in [-0.4, -0.2) is 37.2 Å². The van der Waals surface area contributed by atoms with E-state index in [4.69, 9.17) is 14.2 Å². The van der Waals surface area contributed by atoms with Crippen LogP contribution in [0, 0.1) is 11.8 Å². The molecular formula is C56H108O6. The third-order valence-electron chi connectivity index (χ3n) is 12.7. The highest BCUT2D eigenvalue weighted by atomic mass is 16.6. The average molecular weight is 877 g/mol. The summed E-state index contributed by atoms with van der Waals surface area (Å²) < 4.78 is 16.8. The van der Waals surface area contributed by atoms with Crippen molar-refractivity contribution in [3.8, 4) is 0 Å². The highest BCUT2D eigenvalue weighted by Gasteiger charge is 2.19. The average Bonchev–Trinajstić information content (AvgIpc) is 3.24. The first-order valence-corrected chi connectivity index (χ1v) is 27.7. The number of unbranched alkanes of at least 4 members (excludes halogenated alkanes) is 35. The molecule has 0 radical (unpaired) electrons. The Balaban J connectivity index is 4.25. The van der Waals surface area contributed by atoms with E-state index in [-0.39, 0.29) is 31.1 Å². The summed E-state index contributed by atoms with van der Waals surface area (Å²) >= 11 is 0. The van der Waals surface area contributed by atoms with E-state index in [2.05, 4.69) is 34.6 Å². The van der Waals surface area contributed by atoms with Crippen molar-refractivity contribution in [1.29, 1.82) is 0 Å². The standard InChI is InChI=1S/C56H108O6/c1-6-7-8-9-10-11-12-13-15-19-22-25-31-36-41-46-54(57)60-49-53(62-56(59)48-43-38-33-28-27-30-35-40-45-52(4)5)50-61-55(58)47-42-37-32-26-23-20-17-14-16-18-21-24-29-34-39-44-51(2)3/h51-53H,6-50H2,1-5H3/t53-/m0/s1. The molecule has 0 aliphatic carbocycles. The van der Waals surface area contributed by atoms with Gasteiger partial charge in [0.25, 0.3) is 0 Å². The SMILES string of the molecule is CCCCCCCCCCCCCCCCCC(=O)OC[C@@H](COC(=O)CCCCCCCCCCCCCCCCCC(C)C)OC(=O)CCCCCCCCCCC(C)C. The van der Waals surface area contributed by atoms with Crippen LogP contribution >= 0.6 is 0 Å². The summed E-state index contributed by atoms with van der Waals surface area (Å²) in [6, 6.07) is 0. The van der Waals surface area contributed by atoms with E-state index < -0.39 is 6.10 Å². The zero-order valence-corrected chi connectivity index (χ0v) is 42.5. The summed E-state index contributed by atoms with van der Waals surface area (Å²) in [5, 5.41) is 0. The van der Waals surface area contributed by atoms with Crippen molar-refractivity contribution in [2.24, 2.45) is 11.8 Å². The predicted octanol–water partition coefficient (Wildman–Crippen LogP) is 18.1. The first-order chi connectivity index (χ1) is 30.2. The molecule has 0 heterocycles. The van der Waals surface area contributed by atoms with Gasteiger partial charge in [-0.25, -0.2) is 0 Å². The Morgan fingerprint density at radius 3 is 0.790 bits per heavy atom. The van der Waals surface area contributed by atoms with Crippen molar-refractivity contribution >= 4 is 17.9 Å². The van der Waals surface area contributed by atoms with Crippen LogP contribution in [0.15, 0.2) is 0 Å². The number of hydrogen-bond donors (Lipinski definition) is 0. The fourth-order valence-corrected chi connectivity index (χ4v) is 8.52. The van der Waals surface area contributed by atoms with Crippen LogP contribution in [-0.2, 0) is 28.6 Å². The number of hydrogen-bond acceptors (Lipinski definition) is 6. The van der Waals surface area contributed by atoms with Crippen LogP contribution in [0.2, 0.25) is 0 Å². The van der Waals surface area contributed by atoms with E-state index in [0.717, 1.165) is 69.6 Å². The quantitative estimate of drug-likeness (QED) is 0.0344. The van der Waals surface area contributed by atoms with Crippen molar-refractivity contribution in [3.63, 3.8) is 0 Å². The van der Waals surface area contributed by atoms with Gasteiger partial charge >= 0.3 is 17.9 Å². The summed E-state index contributed by atoms with van der Waals surface area (Å²) in [6.45, 7) is 11.4. The van der Waals surface area contributed by atoms with Gasteiger partial charge in [-0.3, -0.25) is 14.4 Å². The Hall–Kier alpha value is -1.59. The first kappa shape index (κ1) is 60.4. The van der Waals surface area contributed by atoms with E-state index in [1.54, 1.807) is 0 Å². The summed E-state index contributed by atoms with van der Waals surface area (Å²) in [5.41, 5.74) is 0. The number of ether oxygens (including phenoxy) is 3. The lowest BCUT2D eigenvalue weighted by Crippen LogP contribution is -2.30. The van der Waals surface area contributed by atoms with E-state index in [0.29, 0.717) is 19.3 Å². The molecule has 0 bridgehead atoms. The maximum Gasteiger partial charge on any atom is 0.306 e. The zero-order chi connectivity index (χ0) is 45.4. The molecule has 0 aromatic heterocycles. The Bertz CT molecular complexity index is 947. The van der Waals surface area contributed by atoms with Gasteiger partial charge in [0, 0.05) is 19.3 Å². The summed E-state index contributed by atoms with van der Waals surface area (Å²) in [4.78, 5) is 38.0. The number of carbonyl (C=O) groups is 3. The maximum absolute atomic E-state index is 12.8. The normalized spacial score (nSPS) is 12.0. The number of rotatable bonds is 50. The lowest BCUT2D eigenvalue weighted by molar-refractivity contribution is -0.167. The molecular weight excluding hydrogens is 769 g/mol. The first-order valence-electron chi connectivity index (χ1n) is 27.7. The molecule has 0 fully saturated rings. The van der Waals surface area contributed by atoms with Crippen LogP contribution in [0.5, 0.6) is 0 Å². The minimum atomic E-state index is -0.762. The second-order valence-corrected chi connectivity index (χ2v) is 20.2. The van der Waals surface area contributed by atoms with Crippen LogP contribution in [0.25, 0.3) is 0 Å². The van der Waals surface area contributed by atoms with E-state index in [9.17, 15) is 14.4 Å². The molecule has 0 spiro atoms. The molecule has 0 aliphatic heterocycles. The zero-order valence-electron chi connectivity index (χ0n) is 42.5. The lowest BCUT2D eigenvalue weighted by atomic mass is 10.0.